The minimum atomic E-state index is 0.718. The van der Waals surface area contributed by atoms with Crippen molar-refractivity contribution in [1.29, 1.82) is 0 Å². The maximum atomic E-state index is 4.42. The maximum absolute atomic E-state index is 4.42. The van der Waals surface area contributed by atoms with Crippen molar-refractivity contribution in [3.8, 4) is 0 Å². The van der Waals surface area contributed by atoms with Crippen molar-refractivity contribution in [3.63, 3.8) is 0 Å². The largest absolute Gasteiger partial charge is 0.345 e. The molecular formula is C11H19N3. The molecule has 0 aromatic carbocycles. The second-order valence-electron chi connectivity index (χ2n) is 4.10. The highest BCUT2D eigenvalue weighted by Crippen LogP contribution is 2.34. The van der Waals surface area contributed by atoms with E-state index in [1.807, 2.05) is 6.20 Å². The molecule has 2 rings (SSSR count). The van der Waals surface area contributed by atoms with Crippen LogP contribution in [0.5, 0.6) is 0 Å². The predicted octanol–water partition coefficient (Wildman–Crippen LogP) is 2.18. The Bertz CT molecular complexity index is 276. The molecule has 78 valence electrons. The van der Waals surface area contributed by atoms with Crippen LogP contribution in [0.2, 0.25) is 0 Å². The predicted molar refractivity (Wildman–Crippen MR) is 57.2 cm³/mol. The molecule has 0 aliphatic heterocycles. The van der Waals surface area contributed by atoms with E-state index >= 15 is 0 Å². The van der Waals surface area contributed by atoms with Crippen LogP contribution in [0.1, 0.15) is 50.0 Å². The molecule has 0 amide bonds. The molecule has 3 nitrogen and oxygen atoms in total. The standard InChI is InChI=1S/C11H19N3/c1-2-6-12-7-10-8-13-11(14-10)9-4-3-5-9/h8-9,12H,2-7H2,1H3,(H,13,14). The lowest BCUT2D eigenvalue weighted by molar-refractivity contribution is 0.403. The third-order valence-electron chi connectivity index (χ3n) is 2.88. The summed E-state index contributed by atoms with van der Waals surface area (Å²) in [7, 11) is 0. The fourth-order valence-corrected chi connectivity index (χ4v) is 1.76. The van der Waals surface area contributed by atoms with Crippen molar-refractivity contribution in [1.82, 2.24) is 15.3 Å². The van der Waals surface area contributed by atoms with Gasteiger partial charge in [-0.05, 0) is 25.8 Å². The fraction of sp³-hybridized carbons (Fsp3) is 0.727. The van der Waals surface area contributed by atoms with Gasteiger partial charge in [-0.3, -0.25) is 0 Å². The molecular weight excluding hydrogens is 174 g/mol. The van der Waals surface area contributed by atoms with Gasteiger partial charge in [0, 0.05) is 24.4 Å². The summed E-state index contributed by atoms with van der Waals surface area (Å²) in [5.74, 6) is 1.92. The second kappa shape index (κ2) is 4.60. The first-order valence-electron chi connectivity index (χ1n) is 5.64. The molecule has 1 aliphatic carbocycles. The minimum absolute atomic E-state index is 0.718. The number of aromatic nitrogens is 2. The summed E-state index contributed by atoms with van der Waals surface area (Å²) < 4.78 is 0. The van der Waals surface area contributed by atoms with Crippen LogP contribution in [0, 0.1) is 0 Å². The number of rotatable bonds is 5. The first-order valence-corrected chi connectivity index (χ1v) is 5.64. The van der Waals surface area contributed by atoms with Gasteiger partial charge >= 0.3 is 0 Å². The van der Waals surface area contributed by atoms with E-state index in [1.165, 1.54) is 37.2 Å². The molecule has 0 atom stereocenters. The highest BCUT2D eigenvalue weighted by molar-refractivity contribution is 5.07. The molecule has 1 heterocycles. The molecule has 1 saturated carbocycles. The van der Waals surface area contributed by atoms with E-state index in [2.05, 4.69) is 22.2 Å². The van der Waals surface area contributed by atoms with Crippen molar-refractivity contribution in [2.45, 2.75) is 45.1 Å². The first kappa shape index (κ1) is 9.71. The fourth-order valence-electron chi connectivity index (χ4n) is 1.76. The van der Waals surface area contributed by atoms with E-state index in [0.717, 1.165) is 19.0 Å². The summed E-state index contributed by atoms with van der Waals surface area (Å²) in [5.41, 5.74) is 1.22. The molecule has 0 unspecified atom stereocenters. The smallest absolute Gasteiger partial charge is 0.109 e. The van der Waals surface area contributed by atoms with Crippen molar-refractivity contribution in [3.05, 3.63) is 17.7 Å². The van der Waals surface area contributed by atoms with E-state index in [4.69, 9.17) is 0 Å². The SMILES string of the molecule is CCCNCc1cnc(C2CCC2)[nH]1. The second-order valence-corrected chi connectivity index (χ2v) is 4.10. The summed E-state index contributed by atoms with van der Waals surface area (Å²) >= 11 is 0. The van der Waals surface area contributed by atoms with Crippen molar-refractivity contribution in [2.24, 2.45) is 0 Å². The van der Waals surface area contributed by atoms with Crippen molar-refractivity contribution < 1.29 is 0 Å². The van der Waals surface area contributed by atoms with Gasteiger partial charge in [-0.15, -0.1) is 0 Å². The lowest BCUT2D eigenvalue weighted by Gasteiger charge is -2.22. The van der Waals surface area contributed by atoms with Gasteiger partial charge in [0.05, 0.1) is 0 Å². The Morgan fingerprint density at radius 1 is 1.57 bits per heavy atom. The zero-order chi connectivity index (χ0) is 9.80. The minimum Gasteiger partial charge on any atom is -0.345 e. The van der Waals surface area contributed by atoms with Gasteiger partial charge in [0.2, 0.25) is 0 Å². The zero-order valence-corrected chi connectivity index (χ0v) is 8.84. The van der Waals surface area contributed by atoms with Gasteiger partial charge in [0.1, 0.15) is 5.82 Å². The van der Waals surface area contributed by atoms with E-state index in [-0.39, 0.29) is 0 Å². The molecule has 1 aromatic heterocycles. The Balaban J connectivity index is 1.83. The zero-order valence-electron chi connectivity index (χ0n) is 8.84. The molecule has 1 fully saturated rings. The Hall–Kier alpha value is -0.830. The molecule has 3 heteroatoms. The van der Waals surface area contributed by atoms with E-state index < -0.39 is 0 Å². The lowest BCUT2D eigenvalue weighted by atomic mass is 9.85. The van der Waals surface area contributed by atoms with Gasteiger partial charge in [0.15, 0.2) is 0 Å². The maximum Gasteiger partial charge on any atom is 0.109 e. The summed E-state index contributed by atoms with van der Waals surface area (Å²) in [6, 6.07) is 0. The molecule has 0 saturated heterocycles. The topological polar surface area (TPSA) is 40.7 Å². The first-order chi connectivity index (χ1) is 6.90. The van der Waals surface area contributed by atoms with Gasteiger partial charge < -0.3 is 10.3 Å². The van der Waals surface area contributed by atoms with Crippen LogP contribution in [0.25, 0.3) is 0 Å². The average molecular weight is 193 g/mol. The van der Waals surface area contributed by atoms with Crippen LogP contribution in [0.3, 0.4) is 0 Å². The number of imidazole rings is 1. The number of aromatic amines is 1. The third kappa shape index (κ3) is 2.15. The molecule has 0 bridgehead atoms. The van der Waals surface area contributed by atoms with Crippen LogP contribution < -0.4 is 5.32 Å². The number of H-pyrrole nitrogens is 1. The van der Waals surface area contributed by atoms with Crippen LogP contribution >= 0.6 is 0 Å². The molecule has 1 aliphatic rings. The van der Waals surface area contributed by atoms with Crippen LogP contribution in [-0.2, 0) is 6.54 Å². The quantitative estimate of drug-likeness (QED) is 0.704. The Morgan fingerprint density at radius 3 is 3.07 bits per heavy atom. The average Bonchev–Trinajstić information content (AvgIpc) is 2.51. The van der Waals surface area contributed by atoms with Crippen molar-refractivity contribution in [2.75, 3.05) is 6.54 Å². The van der Waals surface area contributed by atoms with Gasteiger partial charge in [-0.2, -0.15) is 0 Å². The number of nitrogens with one attached hydrogen (secondary N) is 2. The monoisotopic (exact) mass is 193 g/mol. The Morgan fingerprint density at radius 2 is 2.43 bits per heavy atom. The molecule has 0 spiro atoms. The van der Waals surface area contributed by atoms with E-state index in [1.54, 1.807) is 0 Å². The molecule has 0 radical (unpaired) electrons. The van der Waals surface area contributed by atoms with Gasteiger partial charge in [0.25, 0.3) is 0 Å². The number of nitrogens with zero attached hydrogens (tertiary/aromatic N) is 1. The summed E-state index contributed by atoms with van der Waals surface area (Å²) in [6.45, 7) is 4.19. The number of hydrogen-bond donors (Lipinski definition) is 2. The van der Waals surface area contributed by atoms with E-state index in [9.17, 15) is 0 Å². The summed E-state index contributed by atoms with van der Waals surface area (Å²) in [5, 5.41) is 3.37. The third-order valence-corrected chi connectivity index (χ3v) is 2.88. The summed E-state index contributed by atoms with van der Waals surface area (Å²) in [6.07, 6.45) is 7.15. The van der Waals surface area contributed by atoms with Gasteiger partial charge in [-0.1, -0.05) is 13.3 Å². The molecule has 14 heavy (non-hydrogen) atoms. The van der Waals surface area contributed by atoms with Crippen LogP contribution in [-0.4, -0.2) is 16.5 Å². The van der Waals surface area contributed by atoms with Crippen molar-refractivity contribution >= 4 is 0 Å². The number of hydrogen-bond acceptors (Lipinski definition) is 2. The summed E-state index contributed by atoms with van der Waals surface area (Å²) in [4.78, 5) is 7.82. The highest BCUT2D eigenvalue weighted by Gasteiger charge is 2.21. The highest BCUT2D eigenvalue weighted by atomic mass is 15.0. The lowest BCUT2D eigenvalue weighted by Crippen LogP contribution is -2.14. The Kier molecular flexibility index (Phi) is 3.19. The molecule has 2 N–H and O–H groups in total. The Labute approximate surface area is 85.3 Å². The van der Waals surface area contributed by atoms with Crippen LogP contribution in [0.4, 0.5) is 0 Å². The molecule has 1 aromatic rings. The van der Waals surface area contributed by atoms with Crippen LogP contribution in [0.15, 0.2) is 6.20 Å². The normalized spacial score (nSPS) is 16.9. The van der Waals surface area contributed by atoms with Gasteiger partial charge in [-0.25, -0.2) is 4.98 Å². The van der Waals surface area contributed by atoms with E-state index in [0.29, 0.717) is 0 Å².